The Morgan fingerprint density at radius 3 is 2.59 bits per heavy atom. The minimum atomic E-state index is -0.674. The summed E-state index contributed by atoms with van der Waals surface area (Å²) in [4.78, 5) is 15.8. The lowest BCUT2D eigenvalue weighted by molar-refractivity contribution is -0.0451. The number of hydrogen-bond acceptors (Lipinski definition) is 5. The fourth-order valence-electron chi connectivity index (χ4n) is 7.45. The molecule has 0 radical (unpaired) electrons. The van der Waals surface area contributed by atoms with Crippen molar-refractivity contribution >= 4 is 5.91 Å². The van der Waals surface area contributed by atoms with Gasteiger partial charge in [-0.2, -0.15) is 5.26 Å². The molecule has 4 aliphatic rings. The molecular formula is C33H31N3O3. The maximum absolute atomic E-state index is 13.4. The number of ether oxygens (including phenoxy) is 1. The summed E-state index contributed by atoms with van der Waals surface area (Å²) in [6, 6.07) is 22.4. The Morgan fingerprint density at radius 2 is 1.85 bits per heavy atom. The van der Waals surface area contributed by atoms with E-state index >= 15 is 0 Å². The standard InChI is InChI=1S/C33H31N3O3/c1-36-17-15-33-26-12-13-28(37)31(33)39-30-25(11-10-24(29(30)33)18-27(26)36)32(38)35-16-14-20-2-6-22(7-3-20)23-8-4-21(19-34)5-9-23/h2-13,26-28,31,37H,14-18H2,1H3,(H,35,38)/t26-,27+,28-,31-,33-/m0/s1. The first kappa shape index (κ1) is 24.1. The Kier molecular flexibility index (Phi) is 5.62. The van der Waals surface area contributed by atoms with Gasteiger partial charge in [-0.1, -0.05) is 54.6 Å². The normalized spacial score (nSPS) is 27.8. The molecule has 3 aromatic carbocycles. The summed E-state index contributed by atoms with van der Waals surface area (Å²) >= 11 is 0. The first-order chi connectivity index (χ1) is 19.0. The van der Waals surface area contributed by atoms with Gasteiger partial charge in [0.15, 0.2) is 0 Å². The zero-order chi connectivity index (χ0) is 26.7. The van der Waals surface area contributed by atoms with Crippen molar-refractivity contribution in [2.45, 2.75) is 42.9 Å². The number of carbonyl (C=O) groups excluding carboxylic acids is 1. The molecule has 6 nitrogen and oxygen atoms in total. The first-order valence-corrected chi connectivity index (χ1v) is 13.8. The van der Waals surface area contributed by atoms with Crippen molar-refractivity contribution in [3.05, 3.63) is 101 Å². The Labute approximate surface area is 228 Å². The van der Waals surface area contributed by atoms with Crippen molar-refractivity contribution in [3.63, 3.8) is 0 Å². The molecule has 1 spiro atoms. The smallest absolute Gasteiger partial charge is 0.255 e. The van der Waals surface area contributed by atoms with Gasteiger partial charge < -0.3 is 20.1 Å². The van der Waals surface area contributed by atoms with E-state index in [9.17, 15) is 9.90 Å². The molecule has 0 saturated carbocycles. The number of carbonyl (C=O) groups is 1. The number of aliphatic hydroxyl groups excluding tert-OH is 1. The number of likely N-dealkylation sites (tertiary alicyclic amines) is 1. The number of aliphatic hydroxyl groups is 1. The van der Waals surface area contributed by atoms with Crippen LogP contribution in [0.4, 0.5) is 0 Å². The highest BCUT2D eigenvalue weighted by molar-refractivity contribution is 5.98. The maximum atomic E-state index is 13.4. The van der Waals surface area contributed by atoms with Crippen LogP contribution < -0.4 is 10.1 Å². The molecular weight excluding hydrogens is 486 g/mol. The van der Waals surface area contributed by atoms with E-state index in [-0.39, 0.29) is 23.3 Å². The molecule has 1 saturated heterocycles. The van der Waals surface area contributed by atoms with E-state index in [0.717, 1.165) is 41.6 Å². The van der Waals surface area contributed by atoms with Crippen LogP contribution in [0.3, 0.4) is 0 Å². The predicted molar refractivity (Wildman–Crippen MR) is 149 cm³/mol. The second-order valence-electron chi connectivity index (χ2n) is 11.4. The van der Waals surface area contributed by atoms with Crippen LogP contribution in [0.25, 0.3) is 11.1 Å². The Bertz CT molecular complexity index is 1520. The average molecular weight is 518 g/mol. The molecule has 5 atom stereocenters. The molecule has 0 unspecified atom stereocenters. The Hall–Kier alpha value is -3.92. The number of benzene rings is 3. The van der Waals surface area contributed by atoms with E-state index in [4.69, 9.17) is 10.00 Å². The zero-order valence-corrected chi connectivity index (χ0v) is 21.9. The van der Waals surface area contributed by atoms with Gasteiger partial charge >= 0.3 is 0 Å². The van der Waals surface area contributed by atoms with Gasteiger partial charge in [0.1, 0.15) is 18.0 Å². The number of likely N-dealkylation sites (N-methyl/N-ethyl adjacent to an activating group) is 1. The molecule has 6 heteroatoms. The molecule has 196 valence electrons. The van der Waals surface area contributed by atoms with Crippen LogP contribution in [0.5, 0.6) is 5.75 Å². The van der Waals surface area contributed by atoms with Gasteiger partial charge in [0, 0.05) is 29.5 Å². The molecule has 2 aliphatic carbocycles. The van der Waals surface area contributed by atoms with Crippen LogP contribution in [0, 0.1) is 17.2 Å². The second kappa shape index (κ2) is 9.08. The highest BCUT2D eigenvalue weighted by Gasteiger charge is 2.64. The lowest BCUT2D eigenvalue weighted by atomic mass is 9.53. The quantitative estimate of drug-likeness (QED) is 0.500. The lowest BCUT2D eigenvalue weighted by Crippen LogP contribution is -2.64. The molecule has 1 amide bonds. The lowest BCUT2D eigenvalue weighted by Gasteiger charge is -2.56. The van der Waals surface area contributed by atoms with Crippen LogP contribution in [0.2, 0.25) is 0 Å². The molecule has 7 rings (SSSR count). The van der Waals surface area contributed by atoms with Crippen molar-refractivity contribution in [2.75, 3.05) is 20.1 Å². The molecule has 1 fully saturated rings. The molecule has 3 aromatic rings. The summed E-state index contributed by atoms with van der Waals surface area (Å²) in [5.41, 5.74) is 6.66. The van der Waals surface area contributed by atoms with E-state index in [1.54, 1.807) is 0 Å². The second-order valence-corrected chi connectivity index (χ2v) is 11.4. The zero-order valence-electron chi connectivity index (χ0n) is 21.9. The van der Waals surface area contributed by atoms with Crippen molar-refractivity contribution < 1.29 is 14.6 Å². The third-order valence-corrected chi connectivity index (χ3v) is 9.42. The van der Waals surface area contributed by atoms with Gasteiger partial charge in [-0.05, 0) is 73.3 Å². The Balaban J connectivity index is 1.08. The van der Waals surface area contributed by atoms with Crippen molar-refractivity contribution in [3.8, 4) is 22.9 Å². The number of rotatable bonds is 5. The van der Waals surface area contributed by atoms with Gasteiger partial charge in [-0.3, -0.25) is 4.79 Å². The highest BCUT2D eigenvalue weighted by atomic mass is 16.5. The third kappa shape index (κ3) is 3.65. The number of hydrogen-bond donors (Lipinski definition) is 2. The predicted octanol–water partition coefficient (Wildman–Crippen LogP) is 4.00. The van der Waals surface area contributed by atoms with E-state index in [1.165, 1.54) is 5.56 Å². The van der Waals surface area contributed by atoms with E-state index in [2.05, 4.69) is 59.7 Å². The molecule has 2 aliphatic heterocycles. The van der Waals surface area contributed by atoms with Crippen LogP contribution in [-0.4, -0.2) is 54.3 Å². The highest BCUT2D eigenvalue weighted by Crippen LogP contribution is 2.61. The van der Waals surface area contributed by atoms with Gasteiger partial charge in [0.2, 0.25) is 0 Å². The SMILES string of the molecule is CN1CC[C@]23c4c5ccc(C(=O)NCCc6ccc(-c7ccc(C#N)cc7)cc6)c4O[C@H]2[C@@H](O)C=C[C@H]3[C@H]1C5. The van der Waals surface area contributed by atoms with Gasteiger partial charge in [-0.25, -0.2) is 0 Å². The van der Waals surface area contributed by atoms with Crippen LogP contribution >= 0.6 is 0 Å². The minimum Gasteiger partial charge on any atom is -0.485 e. The van der Waals surface area contributed by atoms with E-state index in [1.807, 2.05) is 36.4 Å². The molecule has 2 N–H and O–H groups in total. The third-order valence-electron chi connectivity index (χ3n) is 9.42. The van der Waals surface area contributed by atoms with E-state index in [0.29, 0.717) is 35.9 Å². The number of amides is 1. The summed E-state index contributed by atoms with van der Waals surface area (Å²) in [5, 5.41) is 23.0. The van der Waals surface area contributed by atoms with Crippen molar-refractivity contribution in [2.24, 2.45) is 5.92 Å². The number of piperidine rings is 1. The van der Waals surface area contributed by atoms with Gasteiger partial charge in [0.25, 0.3) is 5.91 Å². The molecule has 39 heavy (non-hydrogen) atoms. The summed E-state index contributed by atoms with van der Waals surface area (Å²) in [7, 11) is 2.19. The fourth-order valence-corrected chi connectivity index (χ4v) is 7.45. The topological polar surface area (TPSA) is 85.6 Å². The van der Waals surface area contributed by atoms with Crippen molar-refractivity contribution in [1.29, 1.82) is 5.26 Å². The monoisotopic (exact) mass is 517 g/mol. The largest absolute Gasteiger partial charge is 0.485 e. The minimum absolute atomic E-state index is 0.133. The fraction of sp³-hybridized carbons (Fsp3) is 0.333. The van der Waals surface area contributed by atoms with Crippen LogP contribution in [-0.2, 0) is 18.3 Å². The van der Waals surface area contributed by atoms with Gasteiger partial charge in [0.05, 0.1) is 17.2 Å². The number of nitrogens with zero attached hydrogens (tertiary/aromatic N) is 2. The summed E-state index contributed by atoms with van der Waals surface area (Å²) in [6.07, 6.45) is 5.63. The average Bonchev–Trinajstić information content (AvgIpc) is 3.32. The van der Waals surface area contributed by atoms with Crippen molar-refractivity contribution in [1.82, 2.24) is 10.2 Å². The maximum Gasteiger partial charge on any atom is 0.255 e. The van der Waals surface area contributed by atoms with Crippen LogP contribution in [0.1, 0.15) is 39.0 Å². The molecule has 2 heterocycles. The van der Waals surface area contributed by atoms with Gasteiger partial charge in [-0.15, -0.1) is 0 Å². The molecule has 2 bridgehead atoms. The number of nitriles is 1. The molecule has 0 aromatic heterocycles. The summed E-state index contributed by atoms with van der Waals surface area (Å²) in [5.74, 6) is 0.826. The van der Waals surface area contributed by atoms with Crippen LogP contribution in [0.15, 0.2) is 72.8 Å². The Morgan fingerprint density at radius 1 is 1.10 bits per heavy atom. The number of nitrogens with one attached hydrogen (secondary N) is 1. The summed E-state index contributed by atoms with van der Waals surface area (Å²) in [6.45, 7) is 1.47. The van der Waals surface area contributed by atoms with E-state index < -0.39 is 6.10 Å². The first-order valence-electron chi connectivity index (χ1n) is 13.8. The summed E-state index contributed by atoms with van der Waals surface area (Å²) < 4.78 is 6.51.